The first-order chi connectivity index (χ1) is 9.93. The topological polar surface area (TPSA) is 52.6 Å². The molecule has 0 spiro atoms. The zero-order valence-corrected chi connectivity index (χ0v) is 13.9. The maximum atomic E-state index is 11.4. The number of carboxylic acid groups (broad SMARTS) is 1. The van der Waals surface area contributed by atoms with Crippen molar-refractivity contribution >= 4 is 5.97 Å². The molecule has 4 nitrogen and oxygen atoms in total. The molecule has 0 amide bonds. The second-order valence-corrected chi connectivity index (χ2v) is 7.54. The van der Waals surface area contributed by atoms with Crippen molar-refractivity contribution in [3.8, 4) is 0 Å². The average molecular weight is 296 g/mol. The lowest BCUT2D eigenvalue weighted by Crippen LogP contribution is -2.51. The molecule has 0 aromatic heterocycles. The molecule has 1 aliphatic carbocycles. The normalized spacial score (nSPS) is 33.2. The van der Waals surface area contributed by atoms with E-state index in [0.717, 1.165) is 19.4 Å². The Kier molecular flexibility index (Phi) is 5.67. The third-order valence-electron chi connectivity index (χ3n) is 6.00. The first kappa shape index (κ1) is 16.8. The Morgan fingerprint density at radius 2 is 1.95 bits per heavy atom. The lowest BCUT2D eigenvalue weighted by atomic mass is 9.61. The van der Waals surface area contributed by atoms with Crippen LogP contribution in [-0.2, 0) is 4.79 Å². The SMILES string of the molecule is CC1C(NCCCN2CCCC2)CCC(C(=O)O)C1(C)C. The minimum absolute atomic E-state index is 0.128. The lowest BCUT2D eigenvalue weighted by Gasteiger charge is -2.46. The molecule has 0 aromatic carbocycles. The van der Waals surface area contributed by atoms with Gasteiger partial charge in [-0.3, -0.25) is 4.79 Å². The summed E-state index contributed by atoms with van der Waals surface area (Å²) >= 11 is 0. The van der Waals surface area contributed by atoms with Crippen LogP contribution in [0.25, 0.3) is 0 Å². The van der Waals surface area contributed by atoms with Crippen LogP contribution in [0, 0.1) is 17.3 Å². The number of nitrogens with zero attached hydrogens (tertiary/aromatic N) is 1. The molecular weight excluding hydrogens is 264 g/mol. The van der Waals surface area contributed by atoms with Gasteiger partial charge in [0, 0.05) is 6.04 Å². The fourth-order valence-corrected chi connectivity index (χ4v) is 4.12. The number of carbonyl (C=O) groups is 1. The van der Waals surface area contributed by atoms with Gasteiger partial charge in [0.1, 0.15) is 0 Å². The highest BCUT2D eigenvalue weighted by atomic mass is 16.4. The summed E-state index contributed by atoms with van der Waals surface area (Å²) in [7, 11) is 0. The van der Waals surface area contributed by atoms with Crippen molar-refractivity contribution in [1.29, 1.82) is 0 Å². The van der Waals surface area contributed by atoms with Gasteiger partial charge in [0.2, 0.25) is 0 Å². The van der Waals surface area contributed by atoms with Crippen molar-refractivity contribution in [2.24, 2.45) is 17.3 Å². The summed E-state index contributed by atoms with van der Waals surface area (Å²) in [6.07, 6.45) is 5.71. The summed E-state index contributed by atoms with van der Waals surface area (Å²) in [6, 6.07) is 0.467. The summed E-state index contributed by atoms with van der Waals surface area (Å²) < 4.78 is 0. The van der Waals surface area contributed by atoms with Gasteiger partial charge in [0.25, 0.3) is 0 Å². The van der Waals surface area contributed by atoms with Crippen molar-refractivity contribution in [2.75, 3.05) is 26.2 Å². The summed E-state index contributed by atoms with van der Waals surface area (Å²) in [5, 5.41) is 13.1. The molecule has 0 aromatic rings. The van der Waals surface area contributed by atoms with Crippen molar-refractivity contribution in [1.82, 2.24) is 10.2 Å². The number of rotatable bonds is 6. The van der Waals surface area contributed by atoms with Crippen LogP contribution in [-0.4, -0.2) is 48.2 Å². The van der Waals surface area contributed by atoms with Crippen molar-refractivity contribution in [3.63, 3.8) is 0 Å². The van der Waals surface area contributed by atoms with E-state index in [1.165, 1.54) is 38.9 Å². The molecule has 122 valence electrons. The minimum atomic E-state index is -0.626. The number of hydrogen-bond acceptors (Lipinski definition) is 3. The Morgan fingerprint density at radius 1 is 1.29 bits per heavy atom. The molecule has 4 heteroatoms. The smallest absolute Gasteiger partial charge is 0.307 e. The van der Waals surface area contributed by atoms with Gasteiger partial charge in [0.05, 0.1) is 5.92 Å². The Hall–Kier alpha value is -0.610. The molecule has 2 aliphatic rings. The highest BCUT2D eigenvalue weighted by Gasteiger charge is 2.45. The quantitative estimate of drug-likeness (QED) is 0.740. The third kappa shape index (κ3) is 3.98. The van der Waals surface area contributed by atoms with Crippen LogP contribution in [0.1, 0.15) is 52.9 Å². The van der Waals surface area contributed by atoms with Crippen LogP contribution >= 0.6 is 0 Å². The molecule has 21 heavy (non-hydrogen) atoms. The maximum Gasteiger partial charge on any atom is 0.307 e. The lowest BCUT2D eigenvalue weighted by molar-refractivity contribution is -0.150. The summed E-state index contributed by atoms with van der Waals surface area (Å²) in [6.45, 7) is 11.3. The third-order valence-corrected chi connectivity index (χ3v) is 6.00. The van der Waals surface area contributed by atoms with Gasteiger partial charge in [-0.25, -0.2) is 0 Å². The van der Waals surface area contributed by atoms with Crippen molar-refractivity contribution < 1.29 is 9.90 Å². The molecular formula is C17H32N2O2. The minimum Gasteiger partial charge on any atom is -0.481 e. The van der Waals surface area contributed by atoms with E-state index in [-0.39, 0.29) is 11.3 Å². The molecule has 0 bridgehead atoms. The average Bonchev–Trinajstić information content (AvgIpc) is 2.92. The standard InChI is InChI=1S/C17H32N2O2/c1-13-15(8-7-14(16(20)21)17(13,2)3)18-9-6-12-19-10-4-5-11-19/h13-15,18H,4-12H2,1-3H3,(H,20,21). The van der Waals surface area contributed by atoms with Crippen LogP contribution < -0.4 is 5.32 Å². The Labute approximate surface area is 129 Å². The van der Waals surface area contributed by atoms with Crippen LogP contribution in [0.3, 0.4) is 0 Å². The maximum absolute atomic E-state index is 11.4. The van der Waals surface area contributed by atoms with Crippen LogP contribution in [0.5, 0.6) is 0 Å². The van der Waals surface area contributed by atoms with Gasteiger partial charge in [-0.15, -0.1) is 0 Å². The highest BCUT2D eigenvalue weighted by molar-refractivity contribution is 5.71. The van der Waals surface area contributed by atoms with Gasteiger partial charge >= 0.3 is 5.97 Å². The predicted octanol–water partition coefficient (Wildman–Crippen LogP) is 2.59. The molecule has 2 N–H and O–H groups in total. The molecule has 2 rings (SSSR count). The van der Waals surface area contributed by atoms with Gasteiger partial charge in [-0.1, -0.05) is 20.8 Å². The first-order valence-corrected chi connectivity index (χ1v) is 8.61. The van der Waals surface area contributed by atoms with Gasteiger partial charge in [-0.05, 0) is 69.6 Å². The van der Waals surface area contributed by atoms with E-state index in [2.05, 4.69) is 31.0 Å². The first-order valence-electron chi connectivity index (χ1n) is 8.61. The van der Waals surface area contributed by atoms with Gasteiger partial charge < -0.3 is 15.3 Å². The van der Waals surface area contributed by atoms with E-state index in [1.807, 2.05) is 0 Å². The molecule has 3 unspecified atom stereocenters. The predicted molar refractivity (Wildman–Crippen MR) is 85.4 cm³/mol. The molecule has 1 aliphatic heterocycles. The van der Waals surface area contributed by atoms with Crippen molar-refractivity contribution in [2.45, 2.75) is 58.9 Å². The largest absolute Gasteiger partial charge is 0.481 e. The zero-order chi connectivity index (χ0) is 15.5. The summed E-state index contributed by atoms with van der Waals surface area (Å²) in [5.74, 6) is -0.423. The van der Waals surface area contributed by atoms with E-state index >= 15 is 0 Å². The number of hydrogen-bond donors (Lipinski definition) is 2. The monoisotopic (exact) mass is 296 g/mol. The highest BCUT2D eigenvalue weighted by Crippen LogP contribution is 2.45. The Balaban J connectivity index is 1.75. The fraction of sp³-hybridized carbons (Fsp3) is 0.941. The van der Waals surface area contributed by atoms with Gasteiger partial charge in [0.15, 0.2) is 0 Å². The number of aliphatic carboxylic acids is 1. The second-order valence-electron chi connectivity index (χ2n) is 7.54. The van der Waals surface area contributed by atoms with E-state index in [0.29, 0.717) is 12.0 Å². The van der Waals surface area contributed by atoms with Crippen LogP contribution in [0.15, 0.2) is 0 Å². The summed E-state index contributed by atoms with van der Waals surface area (Å²) in [4.78, 5) is 14.0. The van der Waals surface area contributed by atoms with Crippen LogP contribution in [0.4, 0.5) is 0 Å². The van der Waals surface area contributed by atoms with Crippen molar-refractivity contribution in [3.05, 3.63) is 0 Å². The van der Waals surface area contributed by atoms with E-state index in [4.69, 9.17) is 0 Å². The van der Waals surface area contributed by atoms with E-state index < -0.39 is 5.97 Å². The molecule has 1 saturated carbocycles. The molecule has 0 radical (unpaired) electrons. The number of likely N-dealkylation sites (tertiary alicyclic amines) is 1. The number of carboxylic acids is 1. The number of nitrogens with one attached hydrogen (secondary N) is 1. The summed E-state index contributed by atoms with van der Waals surface area (Å²) in [5.41, 5.74) is -0.128. The van der Waals surface area contributed by atoms with E-state index in [9.17, 15) is 9.90 Å². The Bertz CT molecular complexity index is 351. The fourth-order valence-electron chi connectivity index (χ4n) is 4.12. The van der Waals surface area contributed by atoms with E-state index in [1.54, 1.807) is 0 Å². The molecule has 1 heterocycles. The molecule has 3 atom stereocenters. The second kappa shape index (κ2) is 7.10. The Morgan fingerprint density at radius 3 is 2.57 bits per heavy atom. The van der Waals surface area contributed by atoms with Gasteiger partial charge in [-0.2, -0.15) is 0 Å². The van der Waals surface area contributed by atoms with Crippen LogP contribution in [0.2, 0.25) is 0 Å². The molecule has 2 fully saturated rings. The zero-order valence-electron chi connectivity index (χ0n) is 13.9. The molecule has 1 saturated heterocycles.